The number of benzene rings is 6. The van der Waals surface area contributed by atoms with Crippen LogP contribution in [-0.2, 0) is 0 Å². The average Bonchev–Trinajstić information content (AvgIpc) is 3.35. The van der Waals surface area contributed by atoms with Crippen molar-refractivity contribution >= 4 is 18.4 Å². The second-order valence-electron chi connectivity index (χ2n) is 12.1. The van der Waals surface area contributed by atoms with Gasteiger partial charge in [-0.15, -0.1) is 0 Å². The summed E-state index contributed by atoms with van der Waals surface area (Å²) in [4.78, 5) is 15.4. The lowest BCUT2D eigenvalue weighted by Gasteiger charge is -2.21. The number of hydrogen-bond donors (Lipinski definition) is 0. The first-order chi connectivity index (χ1) is 22.1. The molecule has 0 saturated heterocycles. The molecule has 214 valence electrons. The van der Waals surface area contributed by atoms with Gasteiger partial charge in [-0.25, -0.2) is 15.0 Å². The van der Waals surface area contributed by atoms with Crippen molar-refractivity contribution in [2.45, 2.75) is 13.1 Å². The Morgan fingerprint density at radius 3 is 1.29 bits per heavy atom. The van der Waals surface area contributed by atoms with Gasteiger partial charge in [0.2, 0.25) is 0 Å². The summed E-state index contributed by atoms with van der Waals surface area (Å²) in [5.74, 6) is 2.07. The average molecular weight is 594 g/mol. The lowest BCUT2D eigenvalue weighted by atomic mass is 10.0. The molecule has 0 radical (unpaired) electrons. The van der Waals surface area contributed by atoms with Crippen molar-refractivity contribution in [3.05, 3.63) is 152 Å². The van der Waals surface area contributed by atoms with Crippen LogP contribution in [-0.4, -0.2) is 23.0 Å². The quantitative estimate of drug-likeness (QED) is 0.187. The second-order valence-corrected chi connectivity index (χ2v) is 16.4. The van der Waals surface area contributed by atoms with Gasteiger partial charge in [0.15, 0.2) is 17.5 Å². The van der Waals surface area contributed by atoms with Crippen LogP contribution in [0.1, 0.15) is 0 Å². The zero-order valence-electron chi connectivity index (χ0n) is 25.3. The van der Waals surface area contributed by atoms with Crippen LogP contribution in [0.15, 0.2) is 152 Å². The molecule has 0 fully saturated rings. The molecular formula is C41H31N3Si. The lowest BCUT2D eigenvalue weighted by Crippen LogP contribution is -2.50. The summed E-state index contributed by atoms with van der Waals surface area (Å²) in [5, 5.41) is 2.86. The van der Waals surface area contributed by atoms with Gasteiger partial charge in [-0.3, -0.25) is 0 Å². The summed E-state index contributed by atoms with van der Waals surface area (Å²) in [6.07, 6.45) is 0. The van der Waals surface area contributed by atoms with Gasteiger partial charge >= 0.3 is 0 Å². The molecule has 0 amide bonds. The Morgan fingerprint density at radius 2 is 0.733 bits per heavy atom. The topological polar surface area (TPSA) is 38.7 Å². The number of hydrogen-bond acceptors (Lipinski definition) is 3. The molecule has 0 saturated carbocycles. The molecule has 8 rings (SSSR count). The normalized spacial score (nSPS) is 12.8. The van der Waals surface area contributed by atoms with Crippen LogP contribution in [0.25, 0.3) is 67.5 Å². The van der Waals surface area contributed by atoms with Gasteiger partial charge in [-0.05, 0) is 43.8 Å². The van der Waals surface area contributed by atoms with Crippen LogP contribution >= 0.6 is 0 Å². The van der Waals surface area contributed by atoms with E-state index in [0.717, 1.165) is 33.6 Å². The lowest BCUT2D eigenvalue weighted by molar-refractivity contribution is 1.08. The van der Waals surface area contributed by atoms with E-state index in [0.29, 0.717) is 11.6 Å². The summed E-state index contributed by atoms with van der Waals surface area (Å²) >= 11 is 0. The Morgan fingerprint density at radius 1 is 0.333 bits per heavy atom. The van der Waals surface area contributed by atoms with Crippen LogP contribution in [0, 0.1) is 0 Å². The van der Waals surface area contributed by atoms with Gasteiger partial charge in [0.05, 0.1) is 0 Å². The summed E-state index contributed by atoms with van der Waals surface area (Å²) in [7, 11) is -1.99. The monoisotopic (exact) mass is 593 g/mol. The van der Waals surface area contributed by atoms with Crippen molar-refractivity contribution < 1.29 is 0 Å². The third-order valence-corrected chi connectivity index (χ3v) is 12.5. The van der Waals surface area contributed by atoms with Crippen molar-refractivity contribution in [3.8, 4) is 67.5 Å². The first-order valence-electron chi connectivity index (χ1n) is 15.4. The largest absolute Gasteiger partial charge is 0.208 e. The Labute approximate surface area is 265 Å². The first-order valence-corrected chi connectivity index (χ1v) is 18.4. The van der Waals surface area contributed by atoms with Gasteiger partial charge in [0, 0.05) is 16.7 Å². The van der Waals surface area contributed by atoms with E-state index in [1.807, 2.05) is 12.1 Å². The number of rotatable bonds is 5. The third kappa shape index (κ3) is 4.80. The Hall–Kier alpha value is -5.45. The van der Waals surface area contributed by atoms with Crippen LogP contribution < -0.4 is 10.4 Å². The number of fused-ring (bicyclic) bond motifs is 3. The molecular weight excluding hydrogens is 563 g/mol. The summed E-state index contributed by atoms with van der Waals surface area (Å²) in [6, 6.07) is 53.4. The molecule has 1 aliphatic rings. The molecule has 1 aromatic heterocycles. The maximum atomic E-state index is 5.17. The molecule has 1 aliphatic heterocycles. The van der Waals surface area contributed by atoms with E-state index in [-0.39, 0.29) is 0 Å². The van der Waals surface area contributed by atoms with Gasteiger partial charge in [-0.1, -0.05) is 165 Å². The van der Waals surface area contributed by atoms with Gasteiger partial charge in [0.25, 0.3) is 0 Å². The number of aromatic nitrogens is 3. The predicted octanol–water partition coefficient (Wildman–Crippen LogP) is 9.01. The summed E-state index contributed by atoms with van der Waals surface area (Å²) in [5.41, 5.74) is 10.4. The molecule has 45 heavy (non-hydrogen) atoms. The van der Waals surface area contributed by atoms with E-state index in [1.54, 1.807) is 0 Å². The highest BCUT2D eigenvalue weighted by Gasteiger charge is 2.39. The zero-order valence-corrected chi connectivity index (χ0v) is 26.3. The van der Waals surface area contributed by atoms with Crippen molar-refractivity contribution in [2.75, 3.05) is 0 Å². The van der Waals surface area contributed by atoms with Crippen LogP contribution in [0.2, 0.25) is 13.1 Å². The van der Waals surface area contributed by atoms with Crippen LogP contribution in [0.5, 0.6) is 0 Å². The Balaban J connectivity index is 1.28. The van der Waals surface area contributed by atoms with Crippen molar-refractivity contribution in [2.24, 2.45) is 0 Å². The highest BCUT2D eigenvalue weighted by atomic mass is 28.3. The molecule has 0 aliphatic carbocycles. The minimum absolute atomic E-state index is 0.675. The van der Waals surface area contributed by atoms with E-state index in [4.69, 9.17) is 15.0 Å². The van der Waals surface area contributed by atoms with Crippen molar-refractivity contribution in [3.63, 3.8) is 0 Å². The summed E-state index contributed by atoms with van der Waals surface area (Å²) < 4.78 is 0. The minimum Gasteiger partial charge on any atom is -0.208 e. The summed E-state index contributed by atoms with van der Waals surface area (Å²) in [6.45, 7) is 4.88. The molecule has 7 aromatic rings. The van der Waals surface area contributed by atoms with E-state index in [2.05, 4.69) is 153 Å². The van der Waals surface area contributed by atoms with Crippen molar-refractivity contribution in [1.29, 1.82) is 0 Å². The van der Waals surface area contributed by atoms with Crippen LogP contribution in [0.4, 0.5) is 0 Å². The highest BCUT2D eigenvalue weighted by molar-refractivity contribution is 7.04. The predicted molar refractivity (Wildman–Crippen MR) is 189 cm³/mol. The molecule has 0 unspecified atom stereocenters. The molecule has 0 bridgehead atoms. The Kier molecular flexibility index (Phi) is 6.58. The van der Waals surface area contributed by atoms with Gasteiger partial charge < -0.3 is 0 Å². The fraction of sp³-hybridized carbons (Fsp3) is 0.0488. The minimum atomic E-state index is -1.99. The Bertz CT molecular complexity index is 2050. The number of nitrogens with zero attached hydrogens (tertiary/aromatic N) is 3. The molecule has 3 nitrogen and oxygen atoms in total. The van der Waals surface area contributed by atoms with Crippen LogP contribution in [0.3, 0.4) is 0 Å². The molecule has 2 heterocycles. The molecule has 0 atom stereocenters. The maximum Gasteiger partial charge on any atom is 0.164 e. The maximum absolute atomic E-state index is 5.17. The van der Waals surface area contributed by atoms with Gasteiger partial charge in [-0.2, -0.15) is 0 Å². The second kappa shape index (κ2) is 10.9. The zero-order chi connectivity index (χ0) is 30.4. The molecule has 4 heteroatoms. The molecule has 6 aromatic carbocycles. The van der Waals surface area contributed by atoms with Crippen molar-refractivity contribution in [1.82, 2.24) is 15.0 Å². The van der Waals surface area contributed by atoms with E-state index in [9.17, 15) is 0 Å². The van der Waals surface area contributed by atoms with E-state index >= 15 is 0 Å². The SMILES string of the molecule is C[Si]1(C)c2ccccc2-c2cccc(-c3nc(-c4ccc(-c5ccccc5)cc4)nc(-c4ccc(-c5ccccc5)cc4)n3)c21. The van der Waals surface area contributed by atoms with Gasteiger partial charge in [0.1, 0.15) is 8.07 Å². The smallest absolute Gasteiger partial charge is 0.164 e. The third-order valence-electron chi connectivity index (χ3n) is 8.96. The van der Waals surface area contributed by atoms with E-state index < -0.39 is 8.07 Å². The molecule has 0 spiro atoms. The fourth-order valence-corrected chi connectivity index (χ4v) is 10.1. The fourth-order valence-electron chi connectivity index (χ4n) is 6.67. The standard InChI is InChI=1S/C41H31N3Si/c1-45(2)37-19-10-9-16-34(37)35-17-11-18-36(38(35)45)41-43-39(32-24-20-30(21-25-32)28-12-5-3-6-13-28)42-40(44-41)33-26-22-31(23-27-33)29-14-7-4-8-15-29/h3-27H,1-2H3. The van der Waals surface area contributed by atoms with E-state index in [1.165, 1.54) is 32.6 Å². The molecule has 0 N–H and O–H groups in total. The first kappa shape index (κ1) is 27.1. The highest BCUT2D eigenvalue weighted by Crippen LogP contribution is 2.34.